The van der Waals surface area contributed by atoms with Gasteiger partial charge in [-0.25, -0.2) is 4.98 Å². The van der Waals surface area contributed by atoms with Crippen LogP contribution in [-0.4, -0.2) is 86.6 Å². The van der Waals surface area contributed by atoms with Gasteiger partial charge in [-0.05, 0) is 25.0 Å². The van der Waals surface area contributed by atoms with Gasteiger partial charge in [0, 0.05) is 44.4 Å². The molecule has 2 aliphatic heterocycles. The summed E-state index contributed by atoms with van der Waals surface area (Å²) in [7, 11) is 0. The molecular weight excluding hydrogens is 414 g/mol. The van der Waals surface area contributed by atoms with E-state index in [0.717, 1.165) is 6.42 Å². The maximum Gasteiger partial charge on any atom is 0.274 e. The van der Waals surface area contributed by atoms with Crippen LogP contribution in [0.4, 0.5) is 0 Å². The standard InChI is InChI=1S/C21H23N7O4/c29-18-15(4-2-6-25-18)26-19(30)17-13-27(20(31)14-3-1-5-22-11-14)9-10-28(17)21(32)16-12-23-7-8-24-16/h1,3,5,7-8,11-12,15,17H,2,4,6,9-10,13H2,(H,25,29)(H,26,30). The van der Waals surface area contributed by atoms with Gasteiger partial charge in [-0.15, -0.1) is 0 Å². The number of nitrogens with zero attached hydrogens (tertiary/aromatic N) is 5. The molecule has 4 rings (SSSR count). The van der Waals surface area contributed by atoms with Crippen LogP contribution in [0.25, 0.3) is 0 Å². The Hall–Kier alpha value is -3.89. The largest absolute Gasteiger partial charge is 0.354 e. The summed E-state index contributed by atoms with van der Waals surface area (Å²) in [5.41, 5.74) is 0.500. The van der Waals surface area contributed by atoms with Crippen LogP contribution in [0.2, 0.25) is 0 Å². The normalized spacial score (nSPS) is 20.9. The van der Waals surface area contributed by atoms with E-state index in [9.17, 15) is 19.2 Å². The van der Waals surface area contributed by atoms with E-state index < -0.39 is 23.9 Å². The minimum absolute atomic E-state index is 0.0140. The molecule has 32 heavy (non-hydrogen) atoms. The van der Waals surface area contributed by atoms with Gasteiger partial charge in [0.1, 0.15) is 17.8 Å². The first-order valence-corrected chi connectivity index (χ1v) is 10.4. The minimum Gasteiger partial charge on any atom is -0.354 e. The lowest BCUT2D eigenvalue weighted by molar-refractivity contribution is -0.133. The summed E-state index contributed by atoms with van der Waals surface area (Å²) in [5.74, 6) is -1.48. The second kappa shape index (κ2) is 9.50. The quantitative estimate of drug-likeness (QED) is 0.641. The minimum atomic E-state index is -0.978. The van der Waals surface area contributed by atoms with Crippen molar-refractivity contribution >= 4 is 23.6 Å². The molecule has 2 aromatic heterocycles. The molecule has 2 N–H and O–H groups in total. The van der Waals surface area contributed by atoms with Crippen LogP contribution in [-0.2, 0) is 9.59 Å². The van der Waals surface area contributed by atoms with Crippen LogP contribution in [0.15, 0.2) is 43.1 Å². The number of carbonyl (C=O) groups excluding carboxylic acids is 4. The predicted octanol–water partition coefficient (Wildman–Crippen LogP) is -0.767. The third kappa shape index (κ3) is 4.56. The Morgan fingerprint density at radius 2 is 1.91 bits per heavy atom. The Morgan fingerprint density at radius 1 is 1.06 bits per heavy atom. The molecule has 4 heterocycles. The molecule has 0 aliphatic carbocycles. The molecule has 2 atom stereocenters. The molecule has 2 fully saturated rings. The molecule has 2 saturated heterocycles. The summed E-state index contributed by atoms with van der Waals surface area (Å²) >= 11 is 0. The van der Waals surface area contributed by atoms with Crippen LogP contribution in [0.1, 0.15) is 33.7 Å². The molecule has 4 amide bonds. The third-order valence-corrected chi connectivity index (χ3v) is 5.52. The molecule has 2 unspecified atom stereocenters. The number of amides is 4. The number of nitrogens with one attached hydrogen (secondary N) is 2. The van der Waals surface area contributed by atoms with Crippen molar-refractivity contribution in [3.05, 3.63) is 54.4 Å². The summed E-state index contributed by atoms with van der Waals surface area (Å²) < 4.78 is 0. The lowest BCUT2D eigenvalue weighted by Gasteiger charge is -2.40. The van der Waals surface area contributed by atoms with Crippen molar-refractivity contribution in [3.63, 3.8) is 0 Å². The Bertz CT molecular complexity index is 1000. The highest BCUT2D eigenvalue weighted by atomic mass is 16.2. The summed E-state index contributed by atoms with van der Waals surface area (Å²) in [6.45, 7) is 0.934. The van der Waals surface area contributed by atoms with Crippen LogP contribution in [0.3, 0.4) is 0 Å². The molecule has 0 radical (unpaired) electrons. The number of hydrogen-bond acceptors (Lipinski definition) is 7. The highest BCUT2D eigenvalue weighted by Crippen LogP contribution is 2.17. The number of hydrogen-bond donors (Lipinski definition) is 2. The van der Waals surface area contributed by atoms with Gasteiger partial charge in [0.05, 0.1) is 18.3 Å². The number of carbonyl (C=O) groups is 4. The SMILES string of the molecule is O=C1NCCCC1NC(=O)C1CN(C(=O)c2cccnc2)CCN1C(=O)c1cnccn1. The van der Waals surface area contributed by atoms with E-state index in [1.165, 1.54) is 34.6 Å². The molecule has 0 bridgehead atoms. The Balaban J connectivity index is 1.56. The van der Waals surface area contributed by atoms with Gasteiger partial charge in [-0.2, -0.15) is 0 Å². The predicted molar refractivity (Wildman–Crippen MR) is 111 cm³/mol. The van der Waals surface area contributed by atoms with E-state index in [2.05, 4.69) is 25.6 Å². The average molecular weight is 437 g/mol. The zero-order valence-electron chi connectivity index (χ0n) is 17.3. The molecular formula is C21H23N7O4. The number of pyridine rings is 1. The van der Waals surface area contributed by atoms with E-state index in [0.29, 0.717) is 18.5 Å². The molecule has 2 aromatic rings. The molecule has 2 aliphatic rings. The molecule has 0 spiro atoms. The van der Waals surface area contributed by atoms with E-state index >= 15 is 0 Å². The summed E-state index contributed by atoms with van der Waals surface area (Å²) in [4.78, 5) is 66.1. The monoisotopic (exact) mass is 437 g/mol. The van der Waals surface area contributed by atoms with Crippen molar-refractivity contribution in [1.29, 1.82) is 0 Å². The Kier molecular flexibility index (Phi) is 6.34. The van der Waals surface area contributed by atoms with Gasteiger partial charge in [0.2, 0.25) is 11.8 Å². The van der Waals surface area contributed by atoms with Gasteiger partial charge >= 0.3 is 0 Å². The van der Waals surface area contributed by atoms with E-state index in [1.807, 2.05) is 0 Å². The Labute approximate surface area is 184 Å². The van der Waals surface area contributed by atoms with E-state index in [1.54, 1.807) is 18.3 Å². The summed E-state index contributed by atoms with van der Waals surface area (Å²) in [6.07, 6.45) is 8.47. The molecule has 11 nitrogen and oxygen atoms in total. The smallest absolute Gasteiger partial charge is 0.274 e. The fraction of sp³-hybridized carbons (Fsp3) is 0.381. The van der Waals surface area contributed by atoms with Crippen molar-refractivity contribution in [2.24, 2.45) is 0 Å². The molecule has 0 saturated carbocycles. The van der Waals surface area contributed by atoms with Crippen molar-refractivity contribution in [3.8, 4) is 0 Å². The molecule has 11 heteroatoms. The van der Waals surface area contributed by atoms with Crippen LogP contribution in [0.5, 0.6) is 0 Å². The first-order valence-electron chi connectivity index (χ1n) is 10.4. The zero-order valence-corrected chi connectivity index (χ0v) is 17.3. The van der Waals surface area contributed by atoms with Crippen LogP contribution < -0.4 is 10.6 Å². The first kappa shape index (κ1) is 21.3. The number of piperazine rings is 1. The molecule has 0 aromatic carbocycles. The van der Waals surface area contributed by atoms with E-state index in [-0.39, 0.29) is 37.1 Å². The van der Waals surface area contributed by atoms with Crippen LogP contribution in [0, 0.1) is 0 Å². The number of aromatic nitrogens is 3. The highest BCUT2D eigenvalue weighted by Gasteiger charge is 2.39. The van der Waals surface area contributed by atoms with Crippen molar-refractivity contribution in [2.45, 2.75) is 24.9 Å². The molecule has 166 valence electrons. The van der Waals surface area contributed by atoms with Crippen LogP contribution >= 0.6 is 0 Å². The van der Waals surface area contributed by atoms with Gasteiger partial charge in [0.15, 0.2) is 0 Å². The lowest BCUT2D eigenvalue weighted by Crippen LogP contribution is -2.63. The van der Waals surface area contributed by atoms with Gasteiger partial charge < -0.3 is 20.4 Å². The van der Waals surface area contributed by atoms with Crippen molar-refractivity contribution in [2.75, 3.05) is 26.2 Å². The first-order chi connectivity index (χ1) is 15.5. The third-order valence-electron chi connectivity index (χ3n) is 5.52. The summed E-state index contributed by atoms with van der Waals surface area (Å²) in [6, 6.07) is 1.66. The lowest BCUT2D eigenvalue weighted by atomic mass is 10.0. The topological polar surface area (TPSA) is 137 Å². The van der Waals surface area contributed by atoms with Gasteiger partial charge in [-0.3, -0.25) is 29.1 Å². The van der Waals surface area contributed by atoms with Gasteiger partial charge in [-0.1, -0.05) is 0 Å². The van der Waals surface area contributed by atoms with Crippen molar-refractivity contribution < 1.29 is 19.2 Å². The maximum absolute atomic E-state index is 13.2. The maximum atomic E-state index is 13.2. The van der Waals surface area contributed by atoms with Crippen molar-refractivity contribution in [1.82, 2.24) is 35.4 Å². The number of piperidine rings is 1. The zero-order chi connectivity index (χ0) is 22.5. The fourth-order valence-corrected chi connectivity index (χ4v) is 3.84. The Morgan fingerprint density at radius 3 is 2.62 bits per heavy atom. The second-order valence-electron chi connectivity index (χ2n) is 7.59. The van der Waals surface area contributed by atoms with E-state index in [4.69, 9.17) is 0 Å². The highest BCUT2D eigenvalue weighted by molar-refractivity contribution is 5.99. The second-order valence-corrected chi connectivity index (χ2v) is 7.59. The fourth-order valence-electron chi connectivity index (χ4n) is 3.84. The summed E-state index contributed by atoms with van der Waals surface area (Å²) in [5, 5.41) is 5.47. The number of rotatable bonds is 4. The average Bonchev–Trinajstić information content (AvgIpc) is 2.85. The van der Waals surface area contributed by atoms with Gasteiger partial charge in [0.25, 0.3) is 11.8 Å².